The van der Waals surface area contributed by atoms with Gasteiger partial charge < -0.3 is 19.7 Å². The van der Waals surface area contributed by atoms with Crippen molar-refractivity contribution >= 4 is 17.8 Å². The van der Waals surface area contributed by atoms with Gasteiger partial charge in [0.15, 0.2) is 0 Å². The van der Waals surface area contributed by atoms with Gasteiger partial charge in [0.05, 0.1) is 44.4 Å². The number of carbonyl (C=O) groups excluding carboxylic acids is 3. The summed E-state index contributed by atoms with van der Waals surface area (Å²) in [5.74, 6) is -0.313. The van der Waals surface area contributed by atoms with Gasteiger partial charge in [0, 0.05) is 0 Å². The summed E-state index contributed by atoms with van der Waals surface area (Å²) in [6.45, 7) is 13.7. The minimum absolute atomic E-state index is 0.0261. The van der Waals surface area contributed by atoms with Gasteiger partial charge in [0.1, 0.15) is 13.2 Å². The quantitative estimate of drug-likeness (QED) is 0.0526. The number of hydrogen-bond donors (Lipinski definition) is 1. The Bertz CT molecular complexity index is 696. The Morgan fingerprint density at radius 3 is 1.19 bits per heavy atom. The van der Waals surface area contributed by atoms with E-state index in [2.05, 4.69) is 39.9 Å². The summed E-state index contributed by atoms with van der Waals surface area (Å²) >= 11 is 0. The highest BCUT2D eigenvalue weighted by Crippen LogP contribution is 2.22. The monoisotopic (exact) mass is 682 g/mol. The van der Waals surface area contributed by atoms with Crippen LogP contribution in [-0.2, 0) is 23.9 Å². The van der Waals surface area contributed by atoms with Gasteiger partial charge >= 0.3 is 11.9 Å². The first-order chi connectivity index (χ1) is 23.4. The Morgan fingerprint density at radius 1 is 0.500 bits per heavy atom. The van der Waals surface area contributed by atoms with Crippen LogP contribution in [0.3, 0.4) is 0 Å². The van der Waals surface area contributed by atoms with E-state index in [0.29, 0.717) is 19.5 Å². The minimum Gasteiger partial charge on any atom is -0.464 e. The molecule has 284 valence electrons. The zero-order chi connectivity index (χ0) is 35.5. The first-order valence-electron chi connectivity index (χ1n) is 20.9. The van der Waals surface area contributed by atoms with E-state index >= 15 is 0 Å². The van der Waals surface area contributed by atoms with Gasteiger partial charge in [-0.2, -0.15) is 0 Å². The van der Waals surface area contributed by atoms with Gasteiger partial charge in [-0.25, -0.2) is 0 Å². The van der Waals surface area contributed by atoms with E-state index < -0.39 is 0 Å². The summed E-state index contributed by atoms with van der Waals surface area (Å²) in [6.07, 6.45) is 27.7. The molecule has 2 unspecified atom stereocenters. The van der Waals surface area contributed by atoms with Crippen LogP contribution in [0.15, 0.2) is 0 Å². The molecule has 0 aliphatic carbocycles. The van der Waals surface area contributed by atoms with Crippen molar-refractivity contribution in [1.82, 2.24) is 4.90 Å². The Labute approximate surface area is 297 Å². The van der Waals surface area contributed by atoms with Crippen molar-refractivity contribution in [1.29, 1.82) is 0 Å². The number of nitrogens with zero attached hydrogens (tertiary/aromatic N) is 1. The third-order valence-electron chi connectivity index (χ3n) is 9.71. The molecular weight excluding hydrogens is 600 g/mol. The Balaban J connectivity index is 5.08. The lowest BCUT2D eigenvalue weighted by Crippen LogP contribution is -2.84. The van der Waals surface area contributed by atoms with E-state index in [1.165, 1.54) is 89.9 Å². The second kappa shape index (κ2) is 35.2. The number of nitrogens with two attached hydrogens (primary N) is 1. The van der Waals surface area contributed by atoms with Crippen molar-refractivity contribution in [2.75, 3.05) is 39.4 Å². The highest BCUT2D eigenvalue weighted by Gasteiger charge is 2.23. The van der Waals surface area contributed by atoms with Crippen molar-refractivity contribution in [2.45, 2.75) is 195 Å². The third kappa shape index (κ3) is 27.2. The van der Waals surface area contributed by atoms with Crippen molar-refractivity contribution in [2.24, 2.45) is 11.8 Å². The predicted molar refractivity (Wildman–Crippen MR) is 201 cm³/mol. The predicted octanol–water partition coefficient (Wildman–Crippen LogP) is 9.55. The topological polar surface area (TPSA) is 89.5 Å². The standard InChI is InChI=1S/C41H80N2O5/c1-6-11-15-19-21-25-29-37(27-23-17-13-8-3)40(45)47-35-33-43(39(44)31-32-42-10-5)34-36-48-41(46)38(28-24-18-14-9-4)30-26-22-20-16-12-7-2/h37-38,42H,6-36H2,1-5H3/p+1. The lowest BCUT2D eigenvalue weighted by molar-refractivity contribution is -0.650. The lowest BCUT2D eigenvalue weighted by Gasteiger charge is -2.24. The molecular formula is C41H81N2O5+. The van der Waals surface area contributed by atoms with E-state index in [0.717, 1.165) is 77.3 Å². The molecule has 0 saturated carbocycles. The summed E-state index contributed by atoms with van der Waals surface area (Å²) in [5, 5.41) is 2.12. The SMILES string of the molecule is CCCCCCCCC(CCCCCC)C(=O)OCCN(CCOC(=O)C(CCCCCC)CCCCCCCC)C(=O)CC[NH2+]CC. The Hall–Kier alpha value is -1.63. The molecule has 7 nitrogen and oxygen atoms in total. The minimum atomic E-state index is -0.112. The zero-order valence-corrected chi connectivity index (χ0v) is 32.6. The molecule has 0 heterocycles. The molecule has 0 bridgehead atoms. The molecule has 2 atom stereocenters. The second-order valence-corrected chi connectivity index (χ2v) is 14.2. The summed E-state index contributed by atoms with van der Waals surface area (Å²) in [7, 11) is 0. The number of quaternary nitrogens is 1. The highest BCUT2D eigenvalue weighted by molar-refractivity contribution is 5.76. The summed E-state index contributed by atoms with van der Waals surface area (Å²) < 4.78 is 11.6. The van der Waals surface area contributed by atoms with E-state index in [-0.39, 0.29) is 42.9 Å². The molecule has 7 heteroatoms. The van der Waals surface area contributed by atoms with Crippen molar-refractivity contribution in [3.8, 4) is 0 Å². The number of amides is 1. The van der Waals surface area contributed by atoms with Crippen LogP contribution in [0.5, 0.6) is 0 Å². The van der Waals surface area contributed by atoms with Crippen LogP contribution in [-0.4, -0.2) is 62.1 Å². The molecule has 0 aromatic heterocycles. The molecule has 2 N–H and O–H groups in total. The molecule has 0 aliphatic heterocycles. The maximum Gasteiger partial charge on any atom is 0.308 e. The summed E-state index contributed by atoms with van der Waals surface area (Å²) in [5.41, 5.74) is 0. The fourth-order valence-corrected chi connectivity index (χ4v) is 6.43. The fraction of sp³-hybridized carbons (Fsp3) is 0.927. The smallest absolute Gasteiger partial charge is 0.308 e. The molecule has 0 aromatic rings. The van der Waals surface area contributed by atoms with Gasteiger partial charge in [-0.05, 0) is 32.6 Å². The lowest BCUT2D eigenvalue weighted by atomic mass is 9.94. The van der Waals surface area contributed by atoms with Crippen LogP contribution < -0.4 is 5.32 Å². The first-order valence-corrected chi connectivity index (χ1v) is 20.9. The van der Waals surface area contributed by atoms with Crippen LogP contribution in [0, 0.1) is 11.8 Å². The fourth-order valence-electron chi connectivity index (χ4n) is 6.43. The summed E-state index contributed by atoms with van der Waals surface area (Å²) in [4.78, 5) is 41.3. The van der Waals surface area contributed by atoms with E-state index in [1.807, 2.05) is 0 Å². The van der Waals surface area contributed by atoms with Crippen LogP contribution in [0.1, 0.15) is 195 Å². The Kier molecular flexibility index (Phi) is 34.0. The molecule has 0 fully saturated rings. The normalized spacial score (nSPS) is 12.5. The molecule has 0 aliphatic rings. The molecule has 0 rings (SSSR count). The molecule has 0 radical (unpaired) electrons. The number of ether oxygens (including phenoxy) is 2. The number of rotatable bonds is 36. The van der Waals surface area contributed by atoms with Gasteiger partial charge in [-0.1, -0.05) is 156 Å². The van der Waals surface area contributed by atoms with E-state index in [4.69, 9.17) is 9.47 Å². The van der Waals surface area contributed by atoms with Crippen molar-refractivity contribution < 1.29 is 29.2 Å². The summed E-state index contributed by atoms with van der Waals surface area (Å²) in [6, 6.07) is 0. The maximum atomic E-state index is 13.2. The zero-order valence-electron chi connectivity index (χ0n) is 32.6. The molecule has 0 spiro atoms. The van der Waals surface area contributed by atoms with Crippen LogP contribution >= 0.6 is 0 Å². The Morgan fingerprint density at radius 2 is 0.833 bits per heavy atom. The van der Waals surface area contributed by atoms with Gasteiger partial charge in [-0.3, -0.25) is 14.4 Å². The first kappa shape index (κ1) is 46.4. The molecule has 0 saturated heterocycles. The van der Waals surface area contributed by atoms with E-state index in [9.17, 15) is 14.4 Å². The van der Waals surface area contributed by atoms with Gasteiger partial charge in [0.25, 0.3) is 0 Å². The van der Waals surface area contributed by atoms with Gasteiger partial charge in [-0.15, -0.1) is 0 Å². The maximum absolute atomic E-state index is 13.2. The number of esters is 2. The van der Waals surface area contributed by atoms with Crippen molar-refractivity contribution in [3.63, 3.8) is 0 Å². The average Bonchev–Trinajstić information content (AvgIpc) is 3.08. The molecule has 0 aromatic carbocycles. The molecule has 1 amide bonds. The van der Waals surface area contributed by atoms with Crippen LogP contribution in [0.25, 0.3) is 0 Å². The largest absolute Gasteiger partial charge is 0.464 e. The van der Waals surface area contributed by atoms with E-state index in [1.54, 1.807) is 4.90 Å². The van der Waals surface area contributed by atoms with Crippen LogP contribution in [0.2, 0.25) is 0 Å². The van der Waals surface area contributed by atoms with Crippen LogP contribution in [0.4, 0.5) is 0 Å². The highest BCUT2D eigenvalue weighted by atomic mass is 16.5. The number of hydrogen-bond acceptors (Lipinski definition) is 5. The van der Waals surface area contributed by atoms with Gasteiger partial charge in [0.2, 0.25) is 5.91 Å². The molecule has 48 heavy (non-hydrogen) atoms. The third-order valence-corrected chi connectivity index (χ3v) is 9.71. The second-order valence-electron chi connectivity index (χ2n) is 14.2. The average molecular weight is 682 g/mol. The number of unbranched alkanes of at least 4 members (excludes halogenated alkanes) is 16. The van der Waals surface area contributed by atoms with Crippen molar-refractivity contribution in [3.05, 3.63) is 0 Å². The number of carbonyl (C=O) groups is 3.